The van der Waals surface area contributed by atoms with Crippen LogP contribution in [0.25, 0.3) is 0 Å². The Bertz CT molecular complexity index is 679. The van der Waals surface area contributed by atoms with E-state index in [1.165, 1.54) is 12.1 Å². The molecule has 0 unspecified atom stereocenters. The highest BCUT2D eigenvalue weighted by molar-refractivity contribution is 14.1. The Hall–Kier alpha value is -1.15. The summed E-state index contributed by atoms with van der Waals surface area (Å²) in [4.78, 5) is 12.3. The lowest BCUT2D eigenvalue weighted by Gasteiger charge is -2.12. The fourth-order valence-electron chi connectivity index (χ4n) is 1.74. The Kier molecular flexibility index (Phi) is 5.58. The Labute approximate surface area is 144 Å². The van der Waals surface area contributed by atoms with Gasteiger partial charge in [-0.1, -0.05) is 15.9 Å². The molecule has 6 heteroatoms. The Morgan fingerprint density at radius 1 is 1.33 bits per heavy atom. The van der Waals surface area contributed by atoms with Gasteiger partial charge < -0.3 is 10.1 Å². The molecule has 0 saturated carbocycles. The first-order valence-corrected chi connectivity index (χ1v) is 8.07. The number of hydrogen-bond donors (Lipinski definition) is 1. The van der Waals surface area contributed by atoms with E-state index in [4.69, 9.17) is 4.74 Å². The number of anilines is 1. The highest BCUT2D eigenvalue weighted by atomic mass is 127. The molecule has 1 amide bonds. The predicted molar refractivity (Wildman–Crippen MR) is 92.4 cm³/mol. The van der Waals surface area contributed by atoms with Crippen molar-refractivity contribution in [3.05, 3.63) is 55.8 Å². The molecule has 21 heavy (non-hydrogen) atoms. The molecule has 0 saturated heterocycles. The number of carbonyl (C=O) groups is 1. The van der Waals surface area contributed by atoms with Crippen LogP contribution in [0, 0.1) is 9.39 Å². The molecule has 0 aromatic heterocycles. The van der Waals surface area contributed by atoms with Gasteiger partial charge in [-0.15, -0.1) is 0 Å². The minimum absolute atomic E-state index is 0.290. The molecule has 1 N–H and O–H groups in total. The summed E-state index contributed by atoms with van der Waals surface area (Å²) >= 11 is 5.35. The third-order valence-corrected chi connectivity index (χ3v) is 4.10. The van der Waals surface area contributed by atoms with Gasteiger partial charge in [0.15, 0.2) is 0 Å². The average molecular weight is 464 g/mol. The fraction of sp³-hybridized carbons (Fsp3) is 0.133. The minimum Gasteiger partial charge on any atom is -0.492 e. The van der Waals surface area contributed by atoms with Crippen molar-refractivity contribution in [2.75, 3.05) is 11.9 Å². The largest absolute Gasteiger partial charge is 0.492 e. The van der Waals surface area contributed by atoms with Crippen molar-refractivity contribution in [1.82, 2.24) is 0 Å². The smallest absolute Gasteiger partial charge is 0.256 e. The summed E-state index contributed by atoms with van der Waals surface area (Å²) in [7, 11) is 0. The second-order valence-corrected chi connectivity index (χ2v) is 6.23. The van der Waals surface area contributed by atoms with Crippen LogP contribution in [0.15, 0.2) is 40.9 Å². The van der Waals surface area contributed by atoms with E-state index < -0.39 is 5.82 Å². The number of carbonyl (C=O) groups excluding carboxylic acids is 1. The van der Waals surface area contributed by atoms with E-state index in [2.05, 4.69) is 21.2 Å². The summed E-state index contributed by atoms with van der Waals surface area (Å²) in [5, 5.41) is 2.76. The molecule has 2 rings (SSSR count). The number of hydrogen-bond acceptors (Lipinski definition) is 2. The van der Waals surface area contributed by atoms with Gasteiger partial charge in [0.25, 0.3) is 5.91 Å². The second kappa shape index (κ2) is 7.22. The lowest BCUT2D eigenvalue weighted by molar-refractivity contribution is 0.102. The molecule has 2 aromatic rings. The van der Waals surface area contributed by atoms with Gasteiger partial charge in [-0.2, -0.15) is 0 Å². The summed E-state index contributed by atoms with van der Waals surface area (Å²) in [5.74, 6) is -0.252. The fourth-order valence-corrected chi connectivity index (χ4v) is 2.68. The number of rotatable bonds is 4. The molecule has 0 bridgehead atoms. The first-order chi connectivity index (χ1) is 10.0. The molecule has 0 atom stereocenters. The van der Waals surface area contributed by atoms with Gasteiger partial charge >= 0.3 is 0 Å². The van der Waals surface area contributed by atoms with Crippen LogP contribution in [0.2, 0.25) is 0 Å². The maximum absolute atomic E-state index is 13.3. The lowest BCUT2D eigenvalue weighted by Crippen LogP contribution is -2.14. The van der Waals surface area contributed by atoms with Crippen molar-refractivity contribution in [2.45, 2.75) is 6.92 Å². The zero-order valence-electron chi connectivity index (χ0n) is 11.1. The van der Waals surface area contributed by atoms with E-state index >= 15 is 0 Å². The van der Waals surface area contributed by atoms with E-state index in [1.807, 2.05) is 35.6 Å². The van der Waals surface area contributed by atoms with Crippen molar-refractivity contribution >= 4 is 50.1 Å². The van der Waals surface area contributed by atoms with Crippen LogP contribution >= 0.6 is 38.5 Å². The third kappa shape index (κ3) is 4.16. The second-order valence-electron chi connectivity index (χ2n) is 4.15. The normalized spacial score (nSPS) is 10.3. The Morgan fingerprint density at radius 2 is 2.10 bits per heavy atom. The summed E-state index contributed by atoms with van der Waals surface area (Å²) in [6.07, 6.45) is 0. The molecule has 110 valence electrons. The van der Waals surface area contributed by atoms with Gasteiger partial charge in [-0.05, 0) is 65.9 Å². The first kappa shape index (κ1) is 16.2. The molecule has 3 nitrogen and oxygen atoms in total. The van der Waals surface area contributed by atoms with E-state index in [0.29, 0.717) is 21.6 Å². The van der Waals surface area contributed by atoms with Gasteiger partial charge in [-0.25, -0.2) is 4.39 Å². The van der Waals surface area contributed by atoms with Crippen LogP contribution < -0.4 is 10.1 Å². The van der Waals surface area contributed by atoms with Crippen molar-refractivity contribution in [2.24, 2.45) is 0 Å². The van der Waals surface area contributed by atoms with Gasteiger partial charge in [0.05, 0.1) is 17.9 Å². The number of nitrogens with one attached hydrogen (secondary N) is 1. The molecule has 0 heterocycles. The van der Waals surface area contributed by atoms with Crippen LogP contribution in [-0.2, 0) is 0 Å². The van der Waals surface area contributed by atoms with Crippen LogP contribution in [0.4, 0.5) is 10.1 Å². The van der Waals surface area contributed by atoms with Gasteiger partial charge in [0, 0.05) is 8.04 Å². The number of halogens is 3. The molecule has 0 spiro atoms. The number of benzene rings is 2. The summed E-state index contributed by atoms with van der Waals surface area (Å²) in [6.45, 7) is 2.35. The predicted octanol–water partition coefficient (Wildman–Crippen LogP) is 4.84. The Balaban J connectivity index is 2.31. The van der Waals surface area contributed by atoms with Crippen LogP contribution in [0.3, 0.4) is 0 Å². The minimum atomic E-state index is -0.445. The number of amides is 1. The lowest BCUT2D eigenvalue weighted by atomic mass is 10.2. The van der Waals surface area contributed by atoms with Crippen molar-refractivity contribution in [3.63, 3.8) is 0 Å². The monoisotopic (exact) mass is 463 g/mol. The molecule has 2 aromatic carbocycles. The summed E-state index contributed by atoms with van der Waals surface area (Å²) in [5.41, 5.74) is 0.828. The van der Waals surface area contributed by atoms with Gasteiger partial charge in [0.2, 0.25) is 0 Å². The van der Waals surface area contributed by atoms with Crippen LogP contribution in [-0.4, -0.2) is 12.5 Å². The zero-order chi connectivity index (χ0) is 15.4. The standard InChI is InChI=1S/C15H12BrFINO2/c1-2-21-14-6-3-9(16)7-13(14)19-15(20)11-8-10(17)4-5-12(11)18/h3-8H,2H2,1H3,(H,19,20). The SMILES string of the molecule is CCOc1ccc(Br)cc1NC(=O)c1cc(F)ccc1I. The average Bonchev–Trinajstić information content (AvgIpc) is 2.44. The Morgan fingerprint density at radius 3 is 2.81 bits per heavy atom. The molecule has 0 aliphatic carbocycles. The van der Waals surface area contributed by atoms with Crippen LogP contribution in [0.5, 0.6) is 5.75 Å². The van der Waals surface area contributed by atoms with E-state index in [0.717, 1.165) is 4.47 Å². The van der Waals surface area contributed by atoms with Gasteiger partial charge in [0.1, 0.15) is 11.6 Å². The maximum Gasteiger partial charge on any atom is 0.256 e. The highest BCUT2D eigenvalue weighted by Crippen LogP contribution is 2.29. The van der Waals surface area contributed by atoms with Crippen molar-refractivity contribution < 1.29 is 13.9 Å². The molecule has 0 aliphatic heterocycles. The molecule has 0 aliphatic rings. The van der Waals surface area contributed by atoms with E-state index in [1.54, 1.807) is 18.2 Å². The van der Waals surface area contributed by atoms with E-state index in [-0.39, 0.29) is 11.5 Å². The quantitative estimate of drug-likeness (QED) is 0.658. The number of ether oxygens (including phenoxy) is 1. The third-order valence-electron chi connectivity index (χ3n) is 2.66. The van der Waals surface area contributed by atoms with Crippen LogP contribution in [0.1, 0.15) is 17.3 Å². The topological polar surface area (TPSA) is 38.3 Å². The summed E-state index contributed by atoms with van der Waals surface area (Å²) < 4.78 is 20.3. The summed E-state index contributed by atoms with van der Waals surface area (Å²) in [6, 6.07) is 9.44. The van der Waals surface area contributed by atoms with Gasteiger partial charge in [-0.3, -0.25) is 4.79 Å². The van der Waals surface area contributed by atoms with Crippen molar-refractivity contribution in [1.29, 1.82) is 0 Å². The zero-order valence-corrected chi connectivity index (χ0v) is 14.9. The first-order valence-electron chi connectivity index (χ1n) is 6.20. The molecule has 0 radical (unpaired) electrons. The van der Waals surface area contributed by atoms with Crippen molar-refractivity contribution in [3.8, 4) is 5.75 Å². The highest BCUT2D eigenvalue weighted by Gasteiger charge is 2.14. The maximum atomic E-state index is 13.3. The van der Waals surface area contributed by atoms with E-state index in [9.17, 15) is 9.18 Å². The molecule has 0 fully saturated rings. The molecular formula is C15H12BrFINO2. The molecular weight excluding hydrogens is 452 g/mol.